The summed E-state index contributed by atoms with van der Waals surface area (Å²) in [5.74, 6) is -1.07. The normalized spacial score (nSPS) is 9.47. The molecule has 1 N–H and O–H groups in total. The van der Waals surface area contributed by atoms with Crippen LogP contribution in [0.5, 0.6) is 0 Å². The number of rotatable bonds is 6. The summed E-state index contributed by atoms with van der Waals surface area (Å²) in [6.07, 6.45) is 0. The highest BCUT2D eigenvalue weighted by Crippen LogP contribution is 2.09. The number of ether oxygens (including phenoxy) is 2. The molecule has 1 aromatic rings. The van der Waals surface area contributed by atoms with Gasteiger partial charge in [0.05, 0.1) is 11.6 Å². The lowest BCUT2D eigenvalue weighted by Crippen LogP contribution is -2.22. The number of esters is 1. The van der Waals surface area contributed by atoms with Crippen molar-refractivity contribution in [3.63, 3.8) is 0 Å². The van der Waals surface area contributed by atoms with E-state index in [0.29, 0.717) is 17.9 Å². The number of hydrogen-bond acceptors (Lipinski definition) is 5. The molecule has 0 aliphatic rings. The molecule has 0 fully saturated rings. The lowest BCUT2D eigenvalue weighted by Gasteiger charge is -2.06. The molecule has 0 aromatic heterocycles. The van der Waals surface area contributed by atoms with Crippen molar-refractivity contribution in [2.45, 2.75) is 6.92 Å². The molecule has 0 unspecified atom stereocenters. The molecule has 0 heterocycles. The third-order valence-corrected chi connectivity index (χ3v) is 2.06. The van der Waals surface area contributed by atoms with E-state index in [1.807, 2.05) is 6.07 Å². The van der Waals surface area contributed by atoms with Crippen molar-refractivity contribution < 1.29 is 19.1 Å². The van der Waals surface area contributed by atoms with Crippen LogP contribution in [-0.4, -0.2) is 31.7 Å². The summed E-state index contributed by atoms with van der Waals surface area (Å²) in [5, 5.41) is 11.2. The maximum Gasteiger partial charge on any atom is 0.332 e. The van der Waals surface area contributed by atoms with Gasteiger partial charge in [0.25, 0.3) is 5.91 Å². The van der Waals surface area contributed by atoms with Crippen LogP contribution in [0.2, 0.25) is 0 Å². The summed E-state index contributed by atoms with van der Waals surface area (Å²) in [6.45, 7) is 1.60. The van der Waals surface area contributed by atoms with Crippen LogP contribution in [0.4, 0.5) is 5.69 Å². The summed E-state index contributed by atoms with van der Waals surface area (Å²) in [4.78, 5) is 22.6. The first kappa shape index (κ1) is 14.7. The first-order valence-corrected chi connectivity index (χ1v) is 5.69. The van der Waals surface area contributed by atoms with Crippen LogP contribution in [0.15, 0.2) is 24.3 Å². The lowest BCUT2D eigenvalue weighted by atomic mass is 10.2. The Kier molecular flexibility index (Phi) is 6.06. The Hall–Kier alpha value is -2.39. The number of nitrogens with zero attached hydrogens (tertiary/aromatic N) is 1. The van der Waals surface area contributed by atoms with E-state index in [0.717, 1.165) is 0 Å². The van der Waals surface area contributed by atoms with Crippen LogP contribution in [-0.2, 0) is 19.1 Å². The predicted molar refractivity (Wildman–Crippen MR) is 67.2 cm³/mol. The van der Waals surface area contributed by atoms with E-state index in [-0.39, 0.29) is 13.2 Å². The Bertz CT molecular complexity index is 494. The number of anilines is 1. The highest BCUT2D eigenvalue weighted by molar-refractivity contribution is 5.92. The SMILES string of the molecule is CCOCC(=O)OCC(=O)Nc1cccc(C#N)c1. The van der Waals surface area contributed by atoms with Gasteiger partial charge in [-0.15, -0.1) is 0 Å². The van der Waals surface area contributed by atoms with E-state index in [1.54, 1.807) is 25.1 Å². The van der Waals surface area contributed by atoms with Crippen molar-refractivity contribution in [1.82, 2.24) is 0 Å². The van der Waals surface area contributed by atoms with E-state index in [4.69, 9.17) is 14.7 Å². The number of carbonyl (C=O) groups is 2. The second-order valence-electron chi connectivity index (χ2n) is 3.54. The number of benzene rings is 1. The maximum atomic E-state index is 11.5. The van der Waals surface area contributed by atoms with Gasteiger partial charge in [-0.2, -0.15) is 5.26 Å². The highest BCUT2D eigenvalue weighted by atomic mass is 16.6. The third kappa shape index (κ3) is 5.66. The molecule has 1 rings (SSSR count). The highest BCUT2D eigenvalue weighted by Gasteiger charge is 2.07. The average Bonchev–Trinajstić information content (AvgIpc) is 2.43. The molecule has 0 atom stereocenters. The molecule has 0 saturated heterocycles. The van der Waals surface area contributed by atoms with E-state index < -0.39 is 11.9 Å². The molecule has 100 valence electrons. The molecule has 0 aliphatic heterocycles. The van der Waals surface area contributed by atoms with Crippen LogP contribution in [0.1, 0.15) is 12.5 Å². The zero-order chi connectivity index (χ0) is 14.1. The third-order valence-electron chi connectivity index (χ3n) is 2.06. The fourth-order valence-electron chi connectivity index (χ4n) is 1.24. The number of nitrogens with one attached hydrogen (secondary N) is 1. The van der Waals surface area contributed by atoms with Crippen molar-refractivity contribution >= 4 is 17.6 Å². The number of carbonyl (C=O) groups excluding carboxylic acids is 2. The van der Waals surface area contributed by atoms with Crippen molar-refractivity contribution in [2.24, 2.45) is 0 Å². The van der Waals surface area contributed by atoms with Crippen molar-refractivity contribution in [3.8, 4) is 6.07 Å². The Morgan fingerprint density at radius 3 is 2.84 bits per heavy atom. The maximum absolute atomic E-state index is 11.5. The Labute approximate surface area is 110 Å². The van der Waals surface area contributed by atoms with Crippen LogP contribution in [0.3, 0.4) is 0 Å². The summed E-state index contributed by atoms with van der Waals surface area (Å²) in [6, 6.07) is 8.40. The molecule has 0 bridgehead atoms. The van der Waals surface area contributed by atoms with Crippen LogP contribution in [0, 0.1) is 11.3 Å². The van der Waals surface area contributed by atoms with Gasteiger partial charge in [-0.1, -0.05) is 6.07 Å². The van der Waals surface area contributed by atoms with Gasteiger partial charge >= 0.3 is 5.97 Å². The van der Waals surface area contributed by atoms with Gasteiger partial charge in [-0.25, -0.2) is 4.79 Å². The second-order valence-corrected chi connectivity index (χ2v) is 3.54. The van der Waals surface area contributed by atoms with Crippen molar-refractivity contribution in [1.29, 1.82) is 5.26 Å². The summed E-state index contributed by atoms with van der Waals surface area (Å²) in [7, 11) is 0. The van der Waals surface area contributed by atoms with Crippen LogP contribution >= 0.6 is 0 Å². The molecule has 1 amide bonds. The zero-order valence-electron chi connectivity index (χ0n) is 10.5. The van der Waals surface area contributed by atoms with Crippen LogP contribution in [0.25, 0.3) is 0 Å². The number of hydrogen-bond donors (Lipinski definition) is 1. The van der Waals surface area contributed by atoms with Crippen molar-refractivity contribution in [3.05, 3.63) is 29.8 Å². The molecule has 0 spiro atoms. The number of amides is 1. The van der Waals surface area contributed by atoms with Gasteiger partial charge in [-0.05, 0) is 25.1 Å². The Balaban J connectivity index is 2.39. The molecular formula is C13H14N2O4. The van der Waals surface area contributed by atoms with Gasteiger partial charge in [0.2, 0.25) is 0 Å². The van der Waals surface area contributed by atoms with Gasteiger partial charge in [0.15, 0.2) is 6.61 Å². The standard InChI is InChI=1S/C13H14N2O4/c1-2-18-9-13(17)19-8-12(16)15-11-5-3-4-10(6-11)7-14/h3-6H,2,8-9H2,1H3,(H,15,16). The molecule has 6 nitrogen and oxygen atoms in total. The largest absolute Gasteiger partial charge is 0.454 e. The zero-order valence-corrected chi connectivity index (χ0v) is 10.5. The fourth-order valence-corrected chi connectivity index (χ4v) is 1.24. The lowest BCUT2D eigenvalue weighted by molar-refractivity contribution is -0.151. The first-order valence-electron chi connectivity index (χ1n) is 5.69. The molecular weight excluding hydrogens is 248 g/mol. The predicted octanol–water partition coefficient (Wildman–Crippen LogP) is 1.08. The van der Waals surface area contributed by atoms with E-state index in [1.165, 1.54) is 6.07 Å². The van der Waals surface area contributed by atoms with E-state index in [9.17, 15) is 9.59 Å². The minimum absolute atomic E-state index is 0.173. The quantitative estimate of drug-likeness (QED) is 0.775. The van der Waals surface area contributed by atoms with Gasteiger partial charge in [-0.3, -0.25) is 4.79 Å². The molecule has 0 aliphatic carbocycles. The monoisotopic (exact) mass is 262 g/mol. The van der Waals surface area contributed by atoms with E-state index in [2.05, 4.69) is 5.32 Å². The number of nitriles is 1. The fraction of sp³-hybridized carbons (Fsp3) is 0.308. The summed E-state index contributed by atoms with van der Waals surface area (Å²) in [5.41, 5.74) is 0.913. The van der Waals surface area contributed by atoms with E-state index >= 15 is 0 Å². The van der Waals surface area contributed by atoms with Crippen molar-refractivity contribution in [2.75, 3.05) is 25.1 Å². The summed E-state index contributed by atoms with van der Waals surface area (Å²) >= 11 is 0. The minimum Gasteiger partial charge on any atom is -0.454 e. The van der Waals surface area contributed by atoms with Crippen LogP contribution < -0.4 is 5.32 Å². The summed E-state index contributed by atoms with van der Waals surface area (Å²) < 4.78 is 9.53. The molecule has 6 heteroatoms. The molecule has 1 aromatic carbocycles. The Morgan fingerprint density at radius 1 is 1.37 bits per heavy atom. The molecule has 0 radical (unpaired) electrons. The molecule has 0 saturated carbocycles. The minimum atomic E-state index is -0.595. The average molecular weight is 262 g/mol. The van der Waals surface area contributed by atoms with Gasteiger partial charge in [0, 0.05) is 12.3 Å². The molecule has 19 heavy (non-hydrogen) atoms. The Morgan fingerprint density at radius 2 is 2.16 bits per heavy atom. The van der Waals surface area contributed by atoms with Gasteiger partial charge < -0.3 is 14.8 Å². The first-order chi connectivity index (χ1) is 9.15. The smallest absolute Gasteiger partial charge is 0.332 e. The topological polar surface area (TPSA) is 88.4 Å². The second kappa shape index (κ2) is 7.84. The van der Waals surface area contributed by atoms with Gasteiger partial charge in [0.1, 0.15) is 6.61 Å².